The van der Waals surface area contributed by atoms with E-state index >= 15 is 0 Å². The van der Waals surface area contributed by atoms with Gasteiger partial charge in [-0.3, -0.25) is 0 Å². The maximum atomic E-state index is 11.8. The number of nitrogens with one attached hydrogen (secondary N) is 1. The Morgan fingerprint density at radius 1 is 1.10 bits per heavy atom. The molecule has 40 heavy (non-hydrogen) atoms. The fourth-order valence-corrected chi connectivity index (χ4v) is 5.34. The average molecular weight is 543 g/mol. The predicted octanol–water partition coefficient (Wildman–Crippen LogP) is 4.99. The van der Waals surface area contributed by atoms with Crippen molar-refractivity contribution in [1.29, 1.82) is 5.26 Å². The van der Waals surface area contributed by atoms with Crippen LogP contribution in [-0.2, 0) is 16.1 Å². The SMILES string of the molecule is COCCCN1CCOc2ccc(CO[C@H]3CNC[C@@H](N=O)[C@@H]3c3ccc(Oc4cccc(C#N)c4)cc3)cc21. The molecule has 2 heterocycles. The monoisotopic (exact) mass is 542 g/mol. The van der Waals surface area contributed by atoms with Crippen LogP contribution in [0.25, 0.3) is 0 Å². The van der Waals surface area contributed by atoms with Gasteiger partial charge in [-0.05, 0) is 60.0 Å². The minimum Gasteiger partial charge on any atom is -0.490 e. The lowest BCUT2D eigenvalue weighted by Gasteiger charge is -2.36. The van der Waals surface area contributed by atoms with Gasteiger partial charge in [-0.2, -0.15) is 10.2 Å². The molecule has 0 amide bonds. The first kappa shape index (κ1) is 27.6. The van der Waals surface area contributed by atoms with E-state index in [1.54, 1.807) is 25.3 Å². The number of anilines is 1. The number of nitroso groups, excluding NO2 is 1. The maximum Gasteiger partial charge on any atom is 0.142 e. The van der Waals surface area contributed by atoms with Gasteiger partial charge in [0.15, 0.2) is 0 Å². The Kier molecular flexibility index (Phi) is 9.24. The van der Waals surface area contributed by atoms with Crippen LogP contribution in [-0.4, -0.2) is 58.6 Å². The second-order valence-corrected chi connectivity index (χ2v) is 10.0. The number of ether oxygens (including phenoxy) is 4. The molecular formula is C31H34N4O5. The summed E-state index contributed by atoms with van der Waals surface area (Å²) in [5.41, 5.74) is 3.63. The third-order valence-electron chi connectivity index (χ3n) is 7.34. The number of benzene rings is 3. The molecule has 1 fully saturated rings. The quantitative estimate of drug-likeness (QED) is 0.267. The van der Waals surface area contributed by atoms with Gasteiger partial charge < -0.3 is 29.2 Å². The molecule has 1 saturated heterocycles. The summed E-state index contributed by atoms with van der Waals surface area (Å²) in [4.78, 5) is 14.1. The molecular weight excluding hydrogens is 508 g/mol. The molecule has 0 unspecified atom stereocenters. The molecule has 0 saturated carbocycles. The minimum atomic E-state index is -0.453. The van der Waals surface area contributed by atoms with Crippen molar-refractivity contribution in [3.63, 3.8) is 0 Å². The van der Waals surface area contributed by atoms with E-state index < -0.39 is 6.04 Å². The molecule has 0 aliphatic carbocycles. The molecule has 2 aliphatic rings. The average Bonchev–Trinajstić information content (AvgIpc) is 3.00. The third kappa shape index (κ3) is 6.59. The number of hydrogen-bond donors (Lipinski definition) is 1. The smallest absolute Gasteiger partial charge is 0.142 e. The lowest BCUT2D eigenvalue weighted by atomic mass is 9.84. The third-order valence-corrected chi connectivity index (χ3v) is 7.34. The standard InChI is InChI=1S/C31H34N4O5/c1-37-14-3-12-35-13-15-38-29-11-6-23(17-28(29)35)21-39-30-20-33-19-27(34-36)31(30)24-7-9-25(10-8-24)40-26-5-2-4-22(16-26)18-32/h2,4-11,16-17,27,30-31,33H,3,12-15,19-21H2,1H3/t27-,30+,31+/m1/s1. The van der Waals surface area contributed by atoms with Crippen molar-refractivity contribution in [3.05, 3.63) is 88.3 Å². The van der Waals surface area contributed by atoms with E-state index in [0.29, 0.717) is 43.4 Å². The second-order valence-electron chi connectivity index (χ2n) is 10.0. The van der Waals surface area contributed by atoms with Gasteiger partial charge in [0.05, 0.1) is 36.6 Å². The highest BCUT2D eigenvalue weighted by Gasteiger charge is 2.36. The van der Waals surface area contributed by atoms with Crippen LogP contribution in [0.15, 0.2) is 71.9 Å². The summed E-state index contributed by atoms with van der Waals surface area (Å²) in [5, 5.41) is 15.9. The minimum absolute atomic E-state index is 0.193. The lowest BCUT2D eigenvalue weighted by Crippen LogP contribution is -2.48. The molecule has 208 valence electrons. The highest BCUT2D eigenvalue weighted by molar-refractivity contribution is 5.61. The van der Waals surface area contributed by atoms with Gasteiger partial charge in [-0.1, -0.05) is 29.4 Å². The summed E-state index contributed by atoms with van der Waals surface area (Å²) < 4.78 is 23.5. The Balaban J connectivity index is 1.28. The van der Waals surface area contributed by atoms with Crippen LogP contribution in [0.5, 0.6) is 17.2 Å². The Morgan fingerprint density at radius 3 is 2.77 bits per heavy atom. The van der Waals surface area contributed by atoms with Crippen LogP contribution >= 0.6 is 0 Å². The molecule has 3 aromatic rings. The van der Waals surface area contributed by atoms with E-state index in [9.17, 15) is 4.91 Å². The van der Waals surface area contributed by atoms with E-state index in [4.69, 9.17) is 24.2 Å². The Bertz CT molecular complexity index is 1330. The number of fused-ring (bicyclic) bond motifs is 1. The zero-order chi connectivity index (χ0) is 27.7. The Hall–Kier alpha value is -3.97. The summed E-state index contributed by atoms with van der Waals surface area (Å²) in [6, 6.07) is 22.5. The topological polar surface area (TPSA) is 105 Å². The van der Waals surface area contributed by atoms with Gasteiger partial charge >= 0.3 is 0 Å². The molecule has 3 aromatic carbocycles. The van der Waals surface area contributed by atoms with E-state index in [2.05, 4.69) is 27.5 Å². The number of hydrogen-bond acceptors (Lipinski definition) is 9. The first-order valence-electron chi connectivity index (χ1n) is 13.6. The van der Waals surface area contributed by atoms with Crippen molar-refractivity contribution in [1.82, 2.24) is 5.32 Å². The van der Waals surface area contributed by atoms with E-state index in [0.717, 1.165) is 48.7 Å². The molecule has 0 radical (unpaired) electrons. The number of piperidine rings is 1. The van der Waals surface area contributed by atoms with Crippen LogP contribution in [0.3, 0.4) is 0 Å². The second kappa shape index (κ2) is 13.4. The van der Waals surface area contributed by atoms with Gasteiger partial charge in [-0.25, -0.2) is 0 Å². The number of methoxy groups -OCH3 is 1. The molecule has 3 atom stereocenters. The Labute approximate surface area is 234 Å². The van der Waals surface area contributed by atoms with Crippen LogP contribution in [0.4, 0.5) is 5.69 Å². The van der Waals surface area contributed by atoms with Crippen LogP contribution in [0, 0.1) is 16.2 Å². The summed E-state index contributed by atoms with van der Waals surface area (Å²) in [6.45, 7) is 4.66. The molecule has 2 aliphatic heterocycles. The molecule has 9 nitrogen and oxygen atoms in total. The van der Waals surface area contributed by atoms with Gasteiger partial charge in [0, 0.05) is 39.3 Å². The van der Waals surface area contributed by atoms with Crippen molar-refractivity contribution in [2.75, 3.05) is 51.4 Å². The van der Waals surface area contributed by atoms with Crippen LogP contribution in [0.2, 0.25) is 0 Å². The van der Waals surface area contributed by atoms with Crippen molar-refractivity contribution in [2.24, 2.45) is 5.18 Å². The fraction of sp³-hybridized carbons (Fsp3) is 0.387. The summed E-state index contributed by atoms with van der Waals surface area (Å²) in [6.07, 6.45) is 0.711. The van der Waals surface area contributed by atoms with Crippen molar-refractivity contribution >= 4 is 5.69 Å². The normalized spacial score (nSPS) is 20.2. The van der Waals surface area contributed by atoms with E-state index in [-0.39, 0.29) is 12.0 Å². The first-order chi connectivity index (χ1) is 19.7. The van der Waals surface area contributed by atoms with Gasteiger partial charge in [-0.15, -0.1) is 0 Å². The summed E-state index contributed by atoms with van der Waals surface area (Å²) >= 11 is 0. The van der Waals surface area contributed by atoms with E-state index in [1.165, 1.54) is 0 Å². The highest BCUT2D eigenvalue weighted by atomic mass is 16.5. The highest BCUT2D eigenvalue weighted by Crippen LogP contribution is 2.35. The fourth-order valence-electron chi connectivity index (χ4n) is 5.34. The Morgan fingerprint density at radius 2 is 1.98 bits per heavy atom. The van der Waals surface area contributed by atoms with Gasteiger partial charge in [0.2, 0.25) is 0 Å². The zero-order valence-corrected chi connectivity index (χ0v) is 22.6. The number of rotatable bonds is 11. The summed E-state index contributed by atoms with van der Waals surface area (Å²) in [7, 11) is 1.72. The lowest BCUT2D eigenvalue weighted by molar-refractivity contribution is 0.00539. The van der Waals surface area contributed by atoms with Crippen molar-refractivity contribution in [3.8, 4) is 23.3 Å². The molecule has 1 N–H and O–H groups in total. The maximum absolute atomic E-state index is 11.8. The van der Waals surface area contributed by atoms with Crippen molar-refractivity contribution < 1.29 is 18.9 Å². The number of nitriles is 1. The van der Waals surface area contributed by atoms with Gasteiger partial charge in [0.25, 0.3) is 0 Å². The van der Waals surface area contributed by atoms with Gasteiger partial charge in [0.1, 0.15) is 29.9 Å². The predicted molar refractivity (Wildman–Crippen MR) is 152 cm³/mol. The largest absolute Gasteiger partial charge is 0.490 e. The molecule has 9 heteroatoms. The number of nitrogens with zero attached hydrogens (tertiary/aromatic N) is 3. The first-order valence-corrected chi connectivity index (χ1v) is 13.6. The van der Waals surface area contributed by atoms with Crippen LogP contribution in [0.1, 0.15) is 29.0 Å². The molecule has 5 rings (SSSR count). The van der Waals surface area contributed by atoms with Crippen LogP contribution < -0.4 is 19.7 Å². The zero-order valence-electron chi connectivity index (χ0n) is 22.6. The van der Waals surface area contributed by atoms with Crippen molar-refractivity contribution in [2.45, 2.75) is 31.1 Å². The van der Waals surface area contributed by atoms with E-state index in [1.807, 2.05) is 42.5 Å². The molecule has 0 aromatic heterocycles. The molecule has 0 bridgehead atoms. The molecule has 0 spiro atoms. The summed E-state index contributed by atoms with van der Waals surface area (Å²) in [5.74, 6) is 1.93.